The van der Waals surface area contributed by atoms with Crippen molar-refractivity contribution < 1.29 is 0 Å². The zero-order chi connectivity index (χ0) is 19.0. The highest BCUT2D eigenvalue weighted by molar-refractivity contribution is 14.1. The lowest BCUT2D eigenvalue weighted by atomic mass is 10.1. The third kappa shape index (κ3) is 3.27. The van der Waals surface area contributed by atoms with Crippen LogP contribution < -0.4 is 5.56 Å². The summed E-state index contributed by atoms with van der Waals surface area (Å²) in [7, 11) is 0. The second-order valence-electron chi connectivity index (χ2n) is 6.39. The van der Waals surface area contributed by atoms with Crippen molar-refractivity contribution >= 4 is 33.6 Å². The Kier molecular flexibility index (Phi) is 4.78. The molecule has 134 valence electrons. The van der Waals surface area contributed by atoms with Crippen molar-refractivity contribution in [3.8, 4) is 16.9 Å². The second kappa shape index (κ2) is 7.23. The molecule has 5 heteroatoms. The van der Waals surface area contributed by atoms with Gasteiger partial charge in [0, 0.05) is 15.6 Å². The van der Waals surface area contributed by atoms with Crippen molar-refractivity contribution in [2.45, 2.75) is 20.3 Å². The average molecular weight is 467 g/mol. The molecule has 4 rings (SSSR count). The quantitative estimate of drug-likeness (QED) is 0.402. The third-order valence-electron chi connectivity index (χ3n) is 4.58. The van der Waals surface area contributed by atoms with Gasteiger partial charge < -0.3 is 0 Å². The van der Waals surface area contributed by atoms with Crippen LogP contribution in [-0.2, 0) is 6.42 Å². The topological polar surface area (TPSA) is 47.8 Å². The van der Waals surface area contributed by atoms with Crippen LogP contribution in [0.2, 0.25) is 0 Å². The summed E-state index contributed by atoms with van der Waals surface area (Å²) in [5, 5.41) is 0.574. The zero-order valence-electron chi connectivity index (χ0n) is 15.1. The molecule has 0 spiro atoms. The number of pyridine rings is 1. The van der Waals surface area contributed by atoms with E-state index in [0.717, 1.165) is 26.1 Å². The molecule has 0 aliphatic heterocycles. The van der Waals surface area contributed by atoms with Crippen LogP contribution in [0, 0.1) is 10.5 Å². The summed E-state index contributed by atoms with van der Waals surface area (Å²) in [6, 6.07) is 19.8. The fourth-order valence-electron chi connectivity index (χ4n) is 3.25. The Balaban J connectivity index is 2.00. The number of nitrogens with zero attached hydrogens (tertiary/aromatic N) is 3. The van der Waals surface area contributed by atoms with Gasteiger partial charge in [0.05, 0.1) is 16.8 Å². The first-order chi connectivity index (χ1) is 13.1. The zero-order valence-corrected chi connectivity index (χ0v) is 17.3. The lowest BCUT2D eigenvalue weighted by Crippen LogP contribution is -2.24. The molecule has 4 nitrogen and oxygen atoms in total. The van der Waals surface area contributed by atoms with Crippen molar-refractivity contribution in [2.24, 2.45) is 0 Å². The van der Waals surface area contributed by atoms with Crippen LogP contribution in [0.1, 0.15) is 18.3 Å². The molecule has 0 saturated carbocycles. The van der Waals surface area contributed by atoms with Crippen LogP contribution in [0.5, 0.6) is 0 Å². The Morgan fingerprint density at radius 1 is 1.00 bits per heavy atom. The summed E-state index contributed by atoms with van der Waals surface area (Å²) in [5.41, 5.74) is 4.02. The van der Waals surface area contributed by atoms with Gasteiger partial charge in [0.15, 0.2) is 5.65 Å². The van der Waals surface area contributed by atoms with Gasteiger partial charge in [-0.3, -0.25) is 9.36 Å². The van der Waals surface area contributed by atoms with E-state index in [9.17, 15) is 4.79 Å². The SMILES string of the molecule is CCc1nc2nc(-c3ccccc3)cc(C)c2c(=O)n1-c1ccc(I)cc1. The van der Waals surface area contributed by atoms with E-state index in [1.54, 1.807) is 4.57 Å². The Hall–Kier alpha value is -2.54. The van der Waals surface area contributed by atoms with Crippen molar-refractivity contribution in [1.29, 1.82) is 0 Å². The predicted octanol–water partition coefficient (Wildman–Crippen LogP) is 4.92. The predicted molar refractivity (Wildman–Crippen MR) is 117 cm³/mol. The van der Waals surface area contributed by atoms with E-state index in [-0.39, 0.29) is 5.56 Å². The van der Waals surface area contributed by atoms with Crippen molar-refractivity contribution in [2.75, 3.05) is 0 Å². The molecule has 0 fully saturated rings. The minimum absolute atomic E-state index is 0.0670. The molecule has 0 aliphatic carbocycles. The molecular weight excluding hydrogens is 449 g/mol. The molecule has 0 atom stereocenters. The van der Waals surface area contributed by atoms with E-state index in [1.807, 2.05) is 74.5 Å². The minimum atomic E-state index is -0.0670. The monoisotopic (exact) mass is 467 g/mol. The number of aromatic nitrogens is 3. The largest absolute Gasteiger partial charge is 0.268 e. The van der Waals surface area contributed by atoms with Gasteiger partial charge in [-0.1, -0.05) is 37.3 Å². The van der Waals surface area contributed by atoms with Gasteiger partial charge in [-0.15, -0.1) is 0 Å². The van der Waals surface area contributed by atoms with Gasteiger partial charge >= 0.3 is 0 Å². The molecular formula is C22H18IN3O. The normalized spacial score (nSPS) is 11.1. The second-order valence-corrected chi connectivity index (χ2v) is 7.63. The molecule has 0 radical (unpaired) electrons. The fourth-order valence-corrected chi connectivity index (χ4v) is 3.61. The first-order valence-corrected chi connectivity index (χ1v) is 9.91. The van der Waals surface area contributed by atoms with Crippen molar-refractivity contribution in [3.63, 3.8) is 0 Å². The van der Waals surface area contributed by atoms with Crippen LogP contribution in [0.25, 0.3) is 28.0 Å². The highest BCUT2D eigenvalue weighted by Gasteiger charge is 2.16. The van der Waals surface area contributed by atoms with Crippen molar-refractivity contribution in [1.82, 2.24) is 14.5 Å². The lowest BCUT2D eigenvalue weighted by Gasteiger charge is -2.14. The van der Waals surface area contributed by atoms with E-state index in [1.165, 1.54) is 0 Å². The molecule has 2 aromatic heterocycles. The van der Waals surface area contributed by atoms with Crippen LogP contribution in [0.3, 0.4) is 0 Å². The maximum atomic E-state index is 13.3. The average Bonchev–Trinajstić information content (AvgIpc) is 2.69. The van der Waals surface area contributed by atoms with Crippen LogP contribution in [0.4, 0.5) is 0 Å². The molecule has 2 heterocycles. The summed E-state index contributed by atoms with van der Waals surface area (Å²) >= 11 is 2.26. The van der Waals surface area contributed by atoms with Crippen LogP contribution in [0.15, 0.2) is 65.5 Å². The summed E-state index contributed by atoms with van der Waals surface area (Å²) in [6.45, 7) is 3.95. The first-order valence-electron chi connectivity index (χ1n) is 8.83. The van der Waals surface area contributed by atoms with Gasteiger partial charge in [-0.2, -0.15) is 0 Å². The van der Waals surface area contributed by atoms with E-state index in [4.69, 9.17) is 9.97 Å². The van der Waals surface area contributed by atoms with Crippen LogP contribution >= 0.6 is 22.6 Å². The molecule has 0 unspecified atom stereocenters. The highest BCUT2D eigenvalue weighted by atomic mass is 127. The first kappa shape index (κ1) is 17.9. The molecule has 0 bridgehead atoms. The number of benzene rings is 2. The van der Waals surface area contributed by atoms with Gasteiger partial charge in [0.1, 0.15) is 5.82 Å². The molecule has 27 heavy (non-hydrogen) atoms. The van der Waals surface area contributed by atoms with Gasteiger partial charge in [-0.25, -0.2) is 9.97 Å². The van der Waals surface area contributed by atoms with Crippen molar-refractivity contribution in [3.05, 3.63) is 86.0 Å². The summed E-state index contributed by atoms with van der Waals surface area (Å²) in [5.74, 6) is 0.714. The fraction of sp³-hybridized carbons (Fsp3) is 0.136. The number of fused-ring (bicyclic) bond motifs is 1. The third-order valence-corrected chi connectivity index (χ3v) is 5.30. The molecule has 0 aliphatic rings. The molecule has 0 saturated heterocycles. The van der Waals surface area contributed by atoms with E-state index in [0.29, 0.717) is 23.3 Å². The van der Waals surface area contributed by atoms with Gasteiger partial charge in [-0.05, 0) is 65.4 Å². The number of rotatable bonds is 3. The number of hydrogen-bond acceptors (Lipinski definition) is 3. The minimum Gasteiger partial charge on any atom is -0.268 e. The number of hydrogen-bond donors (Lipinski definition) is 0. The summed E-state index contributed by atoms with van der Waals surface area (Å²) < 4.78 is 2.83. The van der Waals surface area contributed by atoms with E-state index >= 15 is 0 Å². The highest BCUT2D eigenvalue weighted by Crippen LogP contribution is 2.23. The molecule has 0 N–H and O–H groups in total. The number of halogens is 1. The maximum Gasteiger partial charge on any atom is 0.267 e. The Morgan fingerprint density at radius 2 is 1.70 bits per heavy atom. The summed E-state index contributed by atoms with van der Waals surface area (Å²) in [6.07, 6.45) is 0.646. The Labute approximate surface area is 171 Å². The Morgan fingerprint density at radius 3 is 2.37 bits per heavy atom. The van der Waals surface area contributed by atoms with Gasteiger partial charge in [0.25, 0.3) is 5.56 Å². The smallest absolute Gasteiger partial charge is 0.267 e. The summed E-state index contributed by atoms with van der Waals surface area (Å²) in [4.78, 5) is 22.8. The maximum absolute atomic E-state index is 13.3. The lowest BCUT2D eigenvalue weighted by molar-refractivity contribution is 0.828. The van der Waals surface area contributed by atoms with E-state index < -0.39 is 0 Å². The Bertz CT molecular complexity index is 1180. The standard InChI is InChI=1S/C22H18IN3O/c1-3-19-25-21-20(22(27)26(19)17-11-9-16(23)10-12-17)14(2)13-18(24-21)15-7-5-4-6-8-15/h4-13H,3H2,1-2H3. The molecule has 0 amide bonds. The van der Waals surface area contributed by atoms with Gasteiger partial charge in [0.2, 0.25) is 0 Å². The molecule has 2 aromatic carbocycles. The van der Waals surface area contributed by atoms with E-state index in [2.05, 4.69) is 22.6 Å². The van der Waals surface area contributed by atoms with Crippen LogP contribution in [-0.4, -0.2) is 14.5 Å². The molecule has 4 aromatic rings. The number of aryl methyl sites for hydroxylation is 2.